The second-order valence-corrected chi connectivity index (χ2v) is 9.44. The first-order valence-corrected chi connectivity index (χ1v) is 13.0. The average molecular weight is 555 g/mol. The lowest BCUT2D eigenvalue weighted by Crippen LogP contribution is -2.58. The Labute approximate surface area is 223 Å². The highest BCUT2D eigenvalue weighted by Gasteiger charge is 2.31. The fourth-order valence-corrected chi connectivity index (χ4v) is 3.71. The van der Waals surface area contributed by atoms with Crippen molar-refractivity contribution in [1.82, 2.24) is 16.0 Å². The summed E-state index contributed by atoms with van der Waals surface area (Å²) in [6.45, 7) is 0. The highest BCUT2D eigenvalue weighted by Crippen LogP contribution is 2.12. The fraction of sp³-hybridized carbons (Fsp3) is 0.478. The van der Waals surface area contributed by atoms with Gasteiger partial charge in [-0.1, -0.05) is 12.1 Å². The molecule has 4 unspecified atom stereocenters. The van der Waals surface area contributed by atoms with Gasteiger partial charge in [0.15, 0.2) is 0 Å². The summed E-state index contributed by atoms with van der Waals surface area (Å²) in [5.74, 6) is -5.01. The third-order valence-electron chi connectivity index (χ3n) is 5.31. The van der Waals surface area contributed by atoms with E-state index in [1.54, 1.807) is 6.26 Å². The second kappa shape index (κ2) is 16.1. The van der Waals surface area contributed by atoms with Gasteiger partial charge in [0.2, 0.25) is 29.5 Å². The number of hydrogen-bond donors (Lipinski definition) is 8. The number of carbonyl (C=O) groups excluding carboxylic acids is 5. The Morgan fingerprint density at radius 3 is 1.92 bits per heavy atom. The number of amides is 5. The van der Waals surface area contributed by atoms with Crippen LogP contribution >= 0.6 is 11.8 Å². The van der Waals surface area contributed by atoms with Crippen LogP contribution < -0.4 is 33.2 Å². The first kappa shape index (κ1) is 32.2. The molecule has 1 rings (SSSR count). The number of rotatable bonds is 17. The lowest BCUT2D eigenvalue weighted by atomic mass is 10.0. The minimum Gasteiger partial charge on any atom is -0.508 e. The number of benzene rings is 1. The number of carbonyl (C=O) groups is 6. The van der Waals surface area contributed by atoms with Crippen LogP contribution in [0.5, 0.6) is 5.75 Å². The van der Waals surface area contributed by atoms with E-state index in [0.29, 0.717) is 11.3 Å². The fourth-order valence-electron chi connectivity index (χ4n) is 3.24. The molecule has 1 aromatic carbocycles. The molecule has 0 aliphatic carbocycles. The molecule has 0 radical (unpaired) electrons. The summed E-state index contributed by atoms with van der Waals surface area (Å²) in [5, 5.41) is 26.1. The van der Waals surface area contributed by atoms with Crippen molar-refractivity contribution in [2.45, 2.75) is 56.3 Å². The minimum absolute atomic E-state index is 0.00925. The van der Waals surface area contributed by atoms with Crippen LogP contribution in [0.2, 0.25) is 0 Å². The van der Waals surface area contributed by atoms with E-state index in [0.717, 1.165) is 0 Å². The van der Waals surface area contributed by atoms with E-state index in [1.165, 1.54) is 36.0 Å². The van der Waals surface area contributed by atoms with Gasteiger partial charge >= 0.3 is 5.97 Å². The Morgan fingerprint density at radius 1 is 0.842 bits per heavy atom. The minimum atomic E-state index is -1.59. The topological polar surface area (TPSA) is 257 Å². The van der Waals surface area contributed by atoms with Gasteiger partial charge in [0.05, 0.1) is 12.5 Å². The number of primary amides is 2. The van der Waals surface area contributed by atoms with E-state index >= 15 is 0 Å². The summed E-state index contributed by atoms with van der Waals surface area (Å²) in [6.07, 6.45) is 0.995. The largest absolute Gasteiger partial charge is 0.508 e. The number of thioether (sulfide) groups is 1. The lowest BCUT2D eigenvalue weighted by molar-refractivity contribution is -0.143. The average Bonchev–Trinajstić information content (AvgIpc) is 2.84. The number of aliphatic carboxylic acids is 1. The standard InChI is InChI=1S/C23H34N6O8S/c1-38-9-8-15(21(34)29-17(23(36)37)11-19(26)32)27-22(35)16(10-12-2-4-13(30)5-3-12)28-20(33)14(24)6-7-18(25)31/h2-5,14-17,30H,6-11,24H2,1H3,(H2,25,31)(H2,26,32)(H,27,35)(H,28,33)(H,29,34)(H,36,37). The molecule has 0 heterocycles. The van der Waals surface area contributed by atoms with E-state index in [1.807, 2.05) is 0 Å². The van der Waals surface area contributed by atoms with E-state index in [4.69, 9.17) is 17.2 Å². The monoisotopic (exact) mass is 554 g/mol. The third-order valence-corrected chi connectivity index (χ3v) is 5.96. The third kappa shape index (κ3) is 11.9. The Kier molecular flexibility index (Phi) is 13.6. The number of hydrogen-bond acceptors (Lipinski definition) is 9. The van der Waals surface area contributed by atoms with Crippen LogP contribution in [0, 0.1) is 0 Å². The Bertz CT molecular complexity index is 1010. The number of aromatic hydroxyl groups is 1. The van der Waals surface area contributed by atoms with Gasteiger partial charge in [-0.3, -0.25) is 24.0 Å². The van der Waals surface area contributed by atoms with Crippen LogP contribution in [0.1, 0.15) is 31.2 Å². The van der Waals surface area contributed by atoms with Gasteiger partial charge in [-0.15, -0.1) is 0 Å². The molecule has 1 aromatic rings. The quantitative estimate of drug-likeness (QED) is 0.102. The summed E-state index contributed by atoms with van der Waals surface area (Å²) in [6, 6.07) is 0.698. The van der Waals surface area contributed by atoms with Crippen molar-refractivity contribution < 1.29 is 39.0 Å². The van der Waals surface area contributed by atoms with Crippen molar-refractivity contribution in [2.75, 3.05) is 12.0 Å². The van der Waals surface area contributed by atoms with Crippen molar-refractivity contribution in [3.8, 4) is 5.75 Å². The van der Waals surface area contributed by atoms with Crippen LogP contribution in [0.3, 0.4) is 0 Å². The molecule has 210 valence electrons. The van der Waals surface area contributed by atoms with Gasteiger partial charge in [-0.25, -0.2) is 4.79 Å². The molecule has 0 fully saturated rings. The van der Waals surface area contributed by atoms with Crippen molar-refractivity contribution >= 4 is 47.3 Å². The van der Waals surface area contributed by atoms with Gasteiger partial charge < -0.3 is 43.4 Å². The van der Waals surface area contributed by atoms with E-state index in [2.05, 4.69) is 16.0 Å². The highest BCUT2D eigenvalue weighted by atomic mass is 32.2. The molecular formula is C23H34N6O8S. The molecule has 38 heavy (non-hydrogen) atoms. The maximum atomic E-state index is 13.2. The smallest absolute Gasteiger partial charge is 0.326 e. The van der Waals surface area contributed by atoms with Crippen LogP contribution in [0.15, 0.2) is 24.3 Å². The molecule has 0 bridgehead atoms. The predicted octanol–water partition coefficient (Wildman–Crippen LogP) is -2.30. The van der Waals surface area contributed by atoms with Crippen molar-refractivity contribution in [2.24, 2.45) is 17.2 Å². The number of nitrogens with one attached hydrogen (secondary N) is 3. The molecule has 11 N–H and O–H groups in total. The molecule has 0 aliphatic heterocycles. The van der Waals surface area contributed by atoms with Crippen LogP contribution in [-0.4, -0.2) is 81.9 Å². The molecule has 14 nitrogen and oxygen atoms in total. The first-order chi connectivity index (χ1) is 17.8. The zero-order chi connectivity index (χ0) is 28.8. The molecule has 5 amide bonds. The molecular weight excluding hydrogens is 520 g/mol. The number of phenolic OH excluding ortho intramolecular Hbond substituents is 1. The number of carboxylic acid groups (broad SMARTS) is 1. The van der Waals surface area contributed by atoms with Gasteiger partial charge in [0.25, 0.3) is 0 Å². The summed E-state index contributed by atoms with van der Waals surface area (Å²) in [5.41, 5.74) is 16.5. The zero-order valence-corrected chi connectivity index (χ0v) is 21.7. The lowest BCUT2D eigenvalue weighted by Gasteiger charge is -2.25. The second-order valence-electron chi connectivity index (χ2n) is 8.46. The summed E-state index contributed by atoms with van der Waals surface area (Å²) >= 11 is 1.38. The first-order valence-electron chi connectivity index (χ1n) is 11.6. The molecule has 15 heteroatoms. The number of carboxylic acids is 1. The predicted molar refractivity (Wildman–Crippen MR) is 138 cm³/mol. The van der Waals surface area contributed by atoms with Crippen molar-refractivity contribution in [3.05, 3.63) is 29.8 Å². The summed E-state index contributed by atoms with van der Waals surface area (Å²) in [4.78, 5) is 72.4. The zero-order valence-electron chi connectivity index (χ0n) is 20.8. The SMILES string of the molecule is CSCCC(NC(=O)C(Cc1ccc(O)cc1)NC(=O)C(N)CCC(N)=O)C(=O)NC(CC(N)=O)C(=O)O. The van der Waals surface area contributed by atoms with Crippen LogP contribution in [0.25, 0.3) is 0 Å². The molecule has 4 atom stereocenters. The van der Waals surface area contributed by atoms with Crippen LogP contribution in [0.4, 0.5) is 0 Å². The maximum Gasteiger partial charge on any atom is 0.326 e. The van der Waals surface area contributed by atoms with Crippen molar-refractivity contribution in [1.29, 1.82) is 0 Å². The Balaban J connectivity index is 3.12. The van der Waals surface area contributed by atoms with Crippen molar-refractivity contribution in [3.63, 3.8) is 0 Å². The molecule has 0 aliphatic rings. The maximum absolute atomic E-state index is 13.2. The van der Waals surface area contributed by atoms with Crippen LogP contribution in [-0.2, 0) is 35.2 Å². The molecule has 0 aromatic heterocycles. The Hall–Kier alpha value is -3.85. The normalized spacial score (nSPS) is 13.8. The molecule has 0 saturated heterocycles. The van der Waals surface area contributed by atoms with Gasteiger partial charge in [0, 0.05) is 12.8 Å². The number of phenols is 1. The van der Waals surface area contributed by atoms with E-state index < -0.39 is 66.1 Å². The molecule has 0 spiro atoms. The summed E-state index contributed by atoms with van der Waals surface area (Å²) in [7, 11) is 0. The van der Waals surface area contributed by atoms with E-state index in [9.17, 15) is 39.0 Å². The Morgan fingerprint density at radius 2 is 1.39 bits per heavy atom. The molecule has 0 saturated carbocycles. The number of nitrogens with two attached hydrogens (primary N) is 3. The highest BCUT2D eigenvalue weighted by molar-refractivity contribution is 7.98. The van der Waals surface area contributed by atoms with Gasteiger partial charge in [-0.05, 0) is 42.5 Å². The van der Waals surface area contributed by atoms with Gasteiger partial charge in [0.1, 0.15) is 23.9 Å². The van der Waals surface area contributed by atoms with E-state index in [-0.39, 0.29) is 31.4 Å². The summed E-state index contributed by atoms with van der Waals surface area (Å²) < 4.78 is 0. The van der Waals surface area contributed by atoms with Gasteiger partial charge in [-0.2, -0.15) is 11.8 Å².